The molecule has 25 heavy (non-hydrogen) atoms. The fraction of sp³-hybridized carbons (Fsp3) is 0.278. The first-order chi connectivity index (χ1) is 12.0. The minimum atomic E-state index is -3.53. The topological polar surface area (TPSA) is 79.2 Å². The molecule has 0 saturated heterocycles. The van der Waals surface area contributed by atoms with Crippen molar-refractivity contribution >= 4 is 21.6 Å². The van der Waals surface area contributed by atoms with E-state index in [-0.39, 0.29) is 16.5 Å². The molecule has 2 aromatic rings. The lowest BCUT2D eigenvalue weighted by Crippen LogP contribution is -2.32. The molecular weight excluding hydrogens is 360 g/mol. The van der Waals surface area contributed by atoms with Crippen molar-refractivity contribution in [2.75, 3.05) is 0 Å². The van der Waals surface area contributed by atoms with E-state index >= 15 is 0 Å². The molecule has 0 unspecified atom stereocenters. The van der Waals surface area contributed by atoms with E-state index in [9.17, 15) is 8.42 Å². The summed E-state index contributed by atoms with van der Waals surface area (Å²) in [6.45, 7) is 0. The van der Waals surface area contributed by atoms with Gasteiger partial charge in [0.15, 0.2) is 0 Å². The lowest BCUT2D eigenvalue weighted by Gasteiger charge is -2.13. The van der Waals surface area contributed by atoms with E-state index < -0.39 is 10.0 Å². The molecule has 0 amide bonds. The van der Waals surface area contributed by atoms with Crippen LogP contribution in [0.4, 0.5) is 0 Å². The van der Waals surface area contributed by atoms with E-state index in [4.69, 9.17) is 21.6 Å². The second-order valence-electron chi connectivity index (χ2n) is 5.90. The molecule has 0 spiro atoms. The Morgan fingerprint density at radius 3 is 2.44 bits per heavy atom. The van der Waals surface area contributed by atoms with E-state index in [2.05, 4.69) is 4.72 Å². The lowest BCUT2D eigenvalue weighted by atomic mass is 10.2. The summed E-state index contributed by atoms with van der Waals surface area (Å²) >= 11 is 5.97. The average molecular weight is 377 g/mol. The van der Waals surface area contributed by atoms with Crippen molar-refractivity contribution in [1.29, 1.82) is 5.26 Å². The van der Waals surface area contributed by atoms with Crippen LogP contribution in [0.2, 0.25) is 5.02 Å². The van der Waals surface area contributed by atoms with Crippen LogP contribution >= 0.6 is 11.6 Å². The Labute approximate surface area is 152 Å². The van der Waals surface area contributed by atoms with Crippen molar-refractivity contribution in [3.63, 3.8) is 0 Å². The van der Waals surface area contributed by atoms with E-state index in [1.807, 2.05) is 6.07 Å². The summed E-state index contributed by atoms with van der Waals surface area (Å²) in [6, 6.07) is 13.0. The largest absolute Gasteiger partial charge is 0.456 e. The fourth-order valence-corrected chi connectivity index (χ4v) is 4.36. The van der Waals surface area contributed by atoms with Crippen LogP contribution < -0.4 is 9.46 Å². The van der Waals surface area contributed by atoms with Gasteiger partial charge in [0.1, 0.15) is 23.1 Å². The molecule has 7 heteroatoms. The van der Waals surface area contributed by atoms with Crippen LogP contribution in [-0.4, -0.2) is 14.5 Å². The minimum absolute atomic E-state index is 0.0190. The van der Waals surface area contributed by atoms with Crippen molar-refractivity contribution in [3.05, 3.63) is 53.1 Å². The van der Waals surface area contributed by atoms with Crippen molar-refractivity contribution in [2.24, 2.45) is 0 Å². The Hall–Kier alpha value is -2.07. The zero-order valence-corrected chi connectivity index (χ0v) is 15.0. The van der Waals surface area contributed by atoms with Crippen molar-refractivity contribution in [2.45, 2.75) is 36.6 Å². The first kappa shape index (κ1) is 17.7. The highest BCUT2D eigenvalue weighted by Gasteiger charge is 2.22. The average Bonchev–Trinajstić information content (AvgIpc) is 3.08. The van der Waals surface area contributed by atoms with Gasteiger partial charge in [0.2, 0.25) is 10.0 Å². The molecule has 1 aliphatic carbocycles. The Morgan fingerprint density at radius 1 is 1.12 bits per heavy atom. The molecule has 1 saturated carbocycles. The number of sulfonamides is 1. The molecular formula is C18H17ClN2O3S. The number of ether oxygens (including phenoxy) is 1. The number of nitrogens with zero attached hydrogens (tertiary/aromatic N) is 1. The van der Waals surface area contributed by atoms with E-state index in [0.717, 1.165) is 25.7 Å². The number of nitriles is 1. The second-order valence-corrected chi connectivity index (χ2v) is 8.02. The van der Waals surface area contributed by atoms with Gasteiger partial charge in [-0.3, -0.25) is 0 Å². The van der Waals surface area contributed by atoms with Crippen LogP contribution in [0.5, 0.6) is 11.5 Å². The molecule has 1 N–H and O–H groups in total. The predicted octanol–water partition coefficient (Wildman–Crippen LogP) is 4.22. The van der Waals surface area contributed by atoms with Crippen LogP contribution in [0.15, 0.2) is 47.4 Å². The molecule has 130 valence electrons. The van der Waals surface area contributed by atoms with Gasteiger partial charge in [-0.2, -0.15) is 5.26 Å². The van der Waals surface area contributed by atoms with Gasteiger partial charge < -0.3 is 4.74 Å². The summed E-state index contributed by atoms with van der Waals surface area (Å²) in [6.07, 6.45) is 3.87. The third kappa shape index (κ3) is 4.13. The SMILES string of the molecule is N#Cc1c(Cl)cccc1Oc1ccc(S(=O)(=O)NC2CCCC2)cc1. The van der Waals surface area contributed by atoms with Crippen LogP contribution in [-0.2, 0) is 10.0 Å². The zero-order chi connectivity index (χ0) is 17.9. The number of hydrogen-bond donors (Lipinski definition) is 1. The van der Waals surface area contributed by atoms with Gasteiger partial charge >= 0.3 is 0 Å². The first-order valence-corrected chi connectivity index (χ1v) is 9.84. The number of rotatable bonds is 5. The molecule has 5 nitrogen and oxygen atoms in total. The third-order valence-corrected chi connectivity index (χ3v) is 5.98. The van der Waals surface area contributed by atoms with Gasteiger partial charge in [-0.05, 0) is 49.2 Å². The van der Waals surface area contributed by atoms with Crippen LogP contribution in [0.3, 0.4) is 0 Å². The summed E-state index contributed by atoms with van der Waals surface area (Å²) in [5.74, 6) is 0.758. The second kappa shape index (κ2) is 7.44. The lowest BCUT2D eigenvalue weighted by molar-refractivity contribution is 0.480. The molecule has 0 heterocycles. The Morgan fingerprint density at radius 2 is 1.80 bits per heavy atom. The number of halogens is 1. The maximum absolute atomic E-state index is 12.4. The van der Waals surface area contributed by atoms with Crippen molar-refractivity contribution in [3.8, 4) is 17.6 Å². The normalized spacial score (nSPS) is 15.0. The monoisotopic (exact) mass is 376 g/mol. The zero-order valence-electron chi connectivity index (χ0n) is 13.4. The highest BCUT2D eigenvalue weighted by Crippen LogP contribution is 2.30. The smallest absolute Gasteiger partial charge is 0.240 e. The predicted molar refractivity (Wildman–Crippen MR) is 95.3 cm³/mol. The fourth-order valence-electron chi connectivity index (χ4n) is 2.84. The minimum Gasteiger partial charge on any atom is -0.456 e. The van der Waals surface area contributed by atoms with E-state index in [1.54, 1.807) is 30.3 Å². The summed E-state index contributed by atoms with van der Waals surface area (Å²) < 4.78 is 33.2. The van der Waals surface area contributed by atoms with Crippen molar-refractivity contribution < 1.29 is 13.2 Å². The van der Waals surface area contributed by atoms with Gasteiger partial charge in [-0.15, -0.1) is 0 Å². The number of nitrogens with one attached hydrogen (secondary N) is 1. The molecule has 0 atom stereocenters. The molecule has 0 aromatic heterocycles. The standard InChI is InChI=1S/C18H17ClN2O3S/c19-17-6-3-7-18(16(17)12-20)24-14-8-10-15(11-9-14)25(22,23)21-13-4-1-2-5-13/h3,6-11,13,21H,1-2,4-5H2. The summed E-state index contributed by atoms with van der Waals surface area (Å²) in [5.41, 5.74) is 0.240. The molecule has 3 rings (SSSR count). The van der Waals surface area contributed by atoms with Gasteiger partial charge in [0.25, 0.3) is 0 Å². The van der Waals surface area contributed by atoms with Crippen molar-refractivity contribution in [1.82, 2.24) is 4.72 Å². The third-order valence-electron chi connectivity index (χ3n) is 4.13. The highest BCUT2D eigenvalue weighted by molar-refractivity contribution is 7.89. The van der Waals surface area contributed by atoms with Crippen LogP contribution in [0, 0.1) is 11.3 Å². The maximum Gasteiger partial charge on any atom is 0.240 e. The van der Waals surface area contributed by atoms with Crippen LogP contribution in [0.25, 0.3) is 0 Å². The first-order valence-electron chi connectivity index (χ1n) is 7.98. The van der Waals surface area contributed by atoms with Gasteiger partial charge in [-0.1, -0.05) is 30.5 Å². The molecule has 1 fully saturated rings. The van der Waals surface area contributed by atoms with Gasteiger partial charge in [-0.25, -0.2) is 13.1 Å². The molecule has 1 aliphatic rings. The Balaban J connectivity index is 1.76. The molecule has 0 radical (unpaired) electrons. The summed E-state index contributed by atoms with van der Waals surface area (Å²) in [4.78, 5) is 0.193. The molecule has 0 bridgehead atoms. The molecule has 2 aromatic carbocycles. The number of hydrogen-bond acceptors (Lipinski definition) is 4. The number of benzene rings is 2. The summed E-state index contributed by atoms with van der Waals surface area (Å²) in [5, 5.41) is 9.47. The van der Waals surface area contributed by atoms with E-state index in [1.165, 1.54) is 12.1 Å². The summed E-state index contributed by atoms with van der Waals surface area (Å²) in [7, 11) is -3.53. The van der Waals surface area contributed by atoms with Crippen LogP contribution in [0.1, 0.15) is 31.2 Å². The maximum atomic E-state index is 12.4. The Kier molecular flexibility index (Phi) is 5.28. The quantitative estimate of drug-likeness (QED) is 0.847. The van der Waals surface area contributed by atoms with E-state index in [0.29, 0.717) is 16.5 Å². The molecule has 0 aliphatic heterocycles. The van der Waals surface area contributed by atoms with Gasteiger partial charge in [0.05, 0.1) is 9.92 Å². The van der Waals surface area contributed by atoms with Gasteiger partial charge in [0, 0.05) is 6.04 Å². The highest BCUT2D eigenvalue weighted by atomic mass is 35.5. The Bertz CT molecular complexity index is 899.